The number of rotatable bonds is 7. The van der Waals surface area contributed by atoms with Crippen molar-refractivity contribution in [2.24, 2.45) is 0 Å². The molecule has 1 saturated heterocycles. The molecule has 10 heteroatoms. The number of fused-ring (bicyclic) bond motifs is 1. The second-order valence-electron chi connectivity index (χ2n) is 7.89. The molecule has 0 radical (unpaired) electrons. The number of benzene rings is 1. The Kier molecular flexibility index (Phi) is 7.17. The molecule has 2 aromatic heterocycles. The molecular formula is C24H27N5O5. The van der Waals surface area contributed by atoms with Crippen molar-refractivity contribution < 1.29 is 19.1 Å². The van der Waals surface area contributed by atoms with E-state index in [1.807, 2.05) is 0 Å². The first-order chi connectivity index (χ1) is 16.5. The molecule has 2 amide bonds. The topological polar surface area (TPSA) is 107 Å². The van der Waals surface area contributed by atoms with Crippen LogP contribution in [0.15, 0.2) is 47.4 Å². The lowest BCUT2D eigenvalue weighted by Crippen LogP contribution is -2.51. The Hall–Kier alpha value is -3.79. The van der Waals surface area contributed by atoms with E-state index in [2.05, 4.69) is 9.97 Å². The molecule has 0 aliphatic carbocycles. The first-order valence-corrected chi connectivity index (χ1v) is 11.1. The van der Waals surface area contributed by atoms with Gasteiger partial charge in [-0.15, -0.1) is 0 Å². The Bertz CT molecular complexity index is 1250. The molecule has 0 spiro atoms. The van der Waals surface area contributed by atoms with E-state index in [1.165, 1.54) is 11.7 Å². The summed E-state index contributed by atoms with van der Waals surface area (Å²) < 4.78 is 11.9. The molecule has 178 valence electrons. The molecule has 4 rings (SSSR count). The van der Waals surface area contributed by atoms with Crippen molar-refractivity contribution in [3.05, 3.63) is 64.2 Å². The fourth-order valence-electron chi connectivity index (χ4n) is 4.04. The Morgan fingerprint density at radius 1 is 0.971 bits per heavy atom. The number of pyridine rings is 1. The standard InChI is InChI=1S/C24H27N5O5/c1-33-16-6-11-29-21-18(8-5-10-25-21)26-20(24(29)32)23(31)28-14-12-27(13-15-28)22(30)17-7-3-4-9-19(17)34-2/h3-5,7-10H,6,11-16H2,1-2H3. The van der Waals surface area contributed by atoms with Gasteiger partial charge >= 0.3 is 0 Å². The van der Waals surface area contributed by atoms with Crippen molar-refractivity contribution in [2.45, 2.75) is 13.0 Å². The van der Waals surface area contributed by atoms with E-state index >= 15 is 0 Å². The average Bonchev–Trinajstić information content (AvgIpc) is 2.89. The number of piperazine rings is 1. The number of hydrogen-bond donors (Lipinski definition) is 0. The van der Waals surface area contributed by atoms with Crippen LogP contribution in [0, 0.1) is 0 Å². The summed E-state index contributed by atoms with van der Waals surface area (Å²) in [4.78, 5) is 51.3. The molecular weight excluding hydrogens is 438 g/mol. The van der Waals surface area contributed by atoms with E-state index in [9.17, 15) is 14.4 Å². The first kappa shape index (κ1) is 23.4. The van der Waals surface area contributed by atoms with Crippen molar-refractivity contribution in [3.63, 3.8) is 0 Å². The van der Waals surface area contributed by atoms with E-state index in [0.717, 1.165) is 0 Å². The van der Waals surface area contributed by atoms with Crippen molar-refractivity contribution in [2.75, 3.05) is 47.0 Å². The Labute approximate surface area is 196 Å². The van der Waals surface area contributed by atoms with Gasteiger partial charge in [0.05, 0.1) is 12.7 Å². The fraction of sp³-hybridized carbons (Fsp3) is 0.375. The molecule has 0 unspecified atom stereocenters. The van der Waals surface area contributed by atoms with Crippen LogP contribution in [-0.4, -0.2) is 83.2 Å². The van der Waals surface area contributed by atoms with E-state index < -0.39 is 11.5 Å². The smallest absolute Gasteiger partial charge is 0.283 e. The van der Waals surface area contributed by atoms with Crippen LogP contribution >= 0.6 is 0 Å². The number of nitrogens with zero attached hydrogens (tertiary/aromatic N) is 5. The lowest BCUT2D eigenvalue weighted by molar-refractivity contribution is 0.0529. The molecule has 0 saturated carbocycles. The van der Waals surface area contributed by atoms with Crippen molar-refractivity contribution >= 4 is 23.0 Å². The number of amides is 2. The Balaban J connectivity index is 1.53. The van der Waals surface area contributed by atoms with Crippen LogP contribution in [0.2, 0.25) is 0 Å². The molecule has 1 fully saturated rings. The molecule has 34 heavy (non-hydrogen) atoms. The summed E-state index contributed by atoms with van der Waals surface area (Å²) in [6.07, 6.45) is 2.19. The maximum Gasteiger partial charge on any atom is 0.283 e. The summed E-state index contributed by atoms with van der Waals surface area (Å²) in [5, 5.41) is 0. The Morgan fingerprint density at radius 2 is 1.68 bits per heavy atom. The lowest BCUT2D eigenvalue weighted by Gasteiger charge is -2.34. The highest BCUT2D eigenvalue weighted by atomic mass is 16.5. The largest absolute Gasteiger partial charge is 0.496 e. The van der Waals surface area contributed by atoms with Crippen molar-refractivity contribution in [1.82, 2.24) is 24.3 Å². The maximum absolute atomic E-state index is 13.3. The molecule has 1 aromatic carbocycles. The fourth-order valence-corrected chi connectivity index (χ4v) is 4.04. The molecule has 3 heterocycles. The van der Waals surface area contributed by atoms with Crippen LogP contribution < -0.4 is 10.3 Å². The normalized spacial score (nSPS) is 13.8. The van der Waals surface area contributed by atoms with Gasteiger partial charge in [0.1, 0.15) is 11.3 Å². The summed E-state index contributed by atoms with van der Waals surface area (Å²) in [6.45, 7) is 2.14. The minimum Gasteiger partial charge on any atom is -0.496 e. The third-order valence-electron chi connectivity index (χ3n) is 5.83. The number of aryl methyl sites for hydroxylation is 1. The quantitative estimate of drug-likeness (QED) is 0.486. The lowest BCUT2D eigenvalue weighted by atomic mass is 10.1. The predicted octanol–water partition coefficient (Wildman–Crippen LogP) is 1.43. The van der Waals surface area contributed by atoms with Crippen LogP contribution in [-0.2, 0) is 11.3 Å². The third-order valence-corrected chi connectivity index (χ3v) is 5.83. The molecule has 10 nitrogen and oxygen atoms in total. The summed E-state index contributed by atoms with van der Waals surface area (Å²) in [5.41, 5.74) is 0.787. The van der Waals surface area contributed by atoms with Gasteiger partial charge in [0.25, 0.3) is 17.4 Å². The van der Waals surface area contributed by atoms with E-state index in [-0.39, 0.29) is 11.6 Å². The first-order valence-electron chi connectivity index (χ1n) is 11.1. The number of carbonyl (C=O) groups excluding carboxylic acids is 2. The molecule has 1 aliphatic heterocycles. The van der Waals surface area contributed by atoms with Gasteiger partial charge in [-0.3, -0.25) is 19.0 Å². The summed E-state index contributed by atoms with van der Waals surface area (Å²) in [5.74, 6) is -0.0883. The van der Waals surface area contributed by atoms with Gasteiger partial charge < -0.3 is 19.3 Å². The number of para-hydroxylation sites is 1. The van der Waals surface area contributed by atoms with Crippen molar-refractivity contribution in [1.29, 1.82) is 0 Å². The van der Waals surface area contributed by atoms with Gasteiger partial charge in [-0.25, -0.2) is 9.97 Å². The van der Waals surface area contributed by atoms with E-state index in [0.29, 0.717) is 68.2 Å². The van der Waals surface area contributed by atoms with Crippen LogP contribution in [0.1, 0.15) is 27.3 Å². The summed E-state index contributed by atoms with van der Waals surface area (Å²) in [6, 6.07) is 10.5. The summed E-state index contributed by atoms with van der Waals surface area (Å²) >= 11 is 0. The second-order valence-corrected chi connectivity index (χ2v) is 7.89. The molecule has 0 atom stereocenters. The van der Waals surface area contributed by atoms with Crippen LogP contribution in [0.5, 0.6) is 5.75 Å². The van der Waals surface area contributed by atoms with Gasteiger partial charge in [0.15, 0.2) is 11.3 Å². The highest BCUT2D eigenvalue weighted by Gasteiger charge is 2.29. The number of aromatic nitrogens is 3. The number of carbonyl (C=O) groups is 2. The van der Waals surface area contributed by atoms with Gasteiger partial charge in [0.2, 0.25) is 0 Å². The van der Waals surface area contributed by atoms with E-state index in [1.54, 1.807) is 59.5 Å². The zero-order valence-electron chi connectivity index (χ0n) is 19.3. The zero-order chi connectivity index (χ0) is 24.1. The summed E-state index contributed by atoms with van der Waals surface area (Å²) in [7, 11) is 3.12. The van der Waals surface area contributed by atoms with Crippen LogP contribution in [0.3, 0.4) is 0 Å². The van der Waals surface area contributed by atoms with Crippen LogP contribution in [0.4, 0.5) is 0 Å². The number of methoxy groups -OCH3 is 2. The van der Waals surface area contributed by atoms with Gasteiger partial charge in [-0.05, 0) is 30.7 Å². The van der Waals surface area contributed by atoms with Crippen molar-refractivity contribution in [3.8, 4) is 5.75 Å². The van der Waals surface area contributed by atoms with Gasteiger partial charge in [0, 0.05) is 52.6 Å². The average molecular weight is 466 g/mol. The molecule has 3 aromatic rings. The van der Waals surface area contributed by atoms with Gasteiger partial charge in [-0.1, -0.05) is 12.1 Å². The number of hydrogen-bond acceptors (Lipinski definition) is 7. The van der Waals surface area contributed by atoms with Crippen LogP contribution in [0.25, 0.3) is 11.2 Å². The predicted molar refractivity (Wildman–Crippen MR) is 125 cm³/mol. The number of ether oxygens (including phenoxy) is 2. The van der Waals surface area contributed by atoms with E-state index in [4.69, 9.17) is 9.47 Å². The molecule has 0 bridgehead atoms. The third kappa shape index (κ3) is 4.62. The second kappa shape index (κ2) is 10.4. The Morgan fingerprint density at radius 3 is 2.38 bits per heavy atom. The molecule has 0 N–H and O–H groups in total. The van der Waals surface area contributed by atoms with Gasteiger partial charge in [-0.2, -0.15) is 0 Å². The SMILES string of the molecule is COCCCn1c(=O)c(C(=O)N2CCN(C(=O)c3ccccc3OC)CC2)nc2cccnc21. The monoisotopic (exact) mass is 465 g/mol. The maximum atomic E-state index is 13.3. The molecule has 1 aliphatic rings. The zero-order valence-corrected chi connectivity index (χ0v) is 19.3. The highest BCUT2D eigenvalue weighted by Crippen LogP contribution is 2.20. The minimum absolute atomic E-state index is 0.137. The highest BCUT2D eigenvalue weighted by molar-refractivity contribution is 5.97. The minimum atomic E-state index is -0.472.